The second-order valence-electron chi connectivity index (χ2n) is 5.05. The molecule has 1 aliphatic rings. The van der Waals surface area contributed by atoms with Crippen LogP contribution in [0.3, 0.4) is 0 Å². The lowest BCUT2D eigenvalue weighted by atomic mass is 10.2. The molecule has 20 heavy (non-hydrogen) atoms. The Hall–Kier alpha value is -1.27. The molecule has 1 saturated heterocycles. The Morgan fingerprint density at radius 1 is 1.35 bits per heavy atom. The van der Waals surface area contributed by atoms with E-state index in [1.165, 1.54) is 0 Å². The van der Waals surface area contributed by atoms with E-state index in [1.807, 2.05) is 6.92 Å². The molecular formula is C14H22N2O3S. The van der Waals surface area contributed by atoms with Crippen LogP contribution < -0.4 is 10.5 Å². The van der Waals surface area contributed by atoms with Crippen molar-refractivity contribution in [3.63, 3.8) is 0 Å². The van der Waals surface area contributed by atoms with Crippen molar-refractivity contribution >= 4 is 15.7 Å². The monoisotopic (exact) mass is 298 g/mol. The van der Waals surface area contributed by atoms with Crippen LogP contribution in [0.25, 0.3) is 0 Å². The second-order valence-corrected chi connectivity index (χ2v) is 7.09. The minimum Gasteiger partial charge on any atom is -0.492 e. The molecule has 1 unspecified atom stereocenters. The predicted octanol–water partition coefficient (Wildman–Crippen LogP) is 1.85. The molecule has 1 aliphatic heterocycles. The third kappa shape index (κ3) is 3.64. The van der Waals surface area contributed by atoms with Crippen molar-refractivity contribution in [2.75, 3.05) is 24.6 Å². The highest BCUT2D eigenvalue weighted by molar-refractivity contribution is 7.89. The van der Waals surface area contributed by atoms with Gasteiger partial charge in [0.25, 0.3) is 0 Å². The summed E-state index contributed by atoms with van der Waals surface area (Å²) in [7, 11) is -3.22. The fourth-order valence-corrected chi connectivity index (χ4v) is 4.17. The summed E-state index contributed by atoms with van der Waals surface area (Å²) < 4.78 is 31.6. The van der Waals surface area contributed by atoms with E-state index in [9.17, 15) is 8.42 Å². The number of nitrogens with two attached hydrogens (primary N) is 1. The zero-order valence-corrected chi connectivity index (χ0v) is 12.6. The first-order valence-electron chi connectivity index (χ1n) is 7.01. The van der Waals surface area contributed by atoms with Gasteiger partial charge in [-0.2, -0.15) is 4.31 Å². The van der Waals surface area contributed by atoms with Crippen LogP contribution in [0.2, 0.25) is 0 Å². The lowest BCUT2D eigenvalue weighted by molar-refractivity contribution is 0.330. The molecule has 1 heterocycles. The van der Waals surface area contributed by atoms with E-state index in [2.05, 4.69) is 0 Å². The number of nitrogens with zero attached hydrogens (tertiary/aromatic N) is 1. The maximum Gasteiger partial charge on any atom is 0.217 e. The van der Waals surface area contributed by atoms with Crippen molar-refractivity contribution < 1.29 is 13.2 Å². The van der Waals surface area contributed by atoms with Gasteiger partial charge < -0.3 is 10.5 Å². The smallest absolute Gasteiger partial charge is 0.217 e. The van der Waals surface area contributed by atoms with Crippen LogP contribution in [0.5, 0.6) is 5.75 Å². The van der Waals surface area contributed by atoms with Crippen LogP contribution in [0.4, 0.5) is 5.69 Å². The highest BCUT2D eigenvalue weighted by Crippen LogP contribution is 2.23. The summed E-state index contributed by atoms with van der Waals surface area (Å²) in [6, 6.07) is 7.12. The lowest BCUT2D eigenvalue weighted by Gasteiger charge is -2.22. The Morgan fingerprint density at radius 3 is 2.70 bits per heavy atom. The van der Waals surface area contributed by atoms with Gasteiger partial charge in [0.2, 0.25) is 10.0 Å². The molecule has 2 N–H and O–H groups in total. The molecule has 6 heteroatoms. The minimum atomic E-state index is -3.22. The number of nitrogen functional groups attached to an aromatic ring is 1. The van der Waals surface area contributed by atoms with E-state index >= 15 is 0 Å². The summed E-state index contributed by atoms with van der Waals surface area (Å²) in [5.74, 6) is 0.663. The number of hydrogen-bond donors (Lipinski definition) is 1. The first kappa shape index (κ1) is 15.1. The Bertz CT molecular complexity index is 528. The van der Waals surface area contributed by atoms with E-state index in [0.29, 0.717) is 18.0 Å². The van der Waals surface area contributed by atoms with Crippen LogP contribution >= 0.6 is 0 Å². The van der Waals surface area contributed by atoms with Gasteiger partial charge in [0.05, 0.1) is 5.75 Å². The van der Waals surface area contributed by atoms with Crippen molar-refractivity contribution in [3.8, 4) is 5.75 Å². The molecule has 0 aliphatic carbocycles. The Kier molecular flexibility index (Phi) is 4.88. The van der Waals surface area contributed by atoms with E-state index in [0.717, 1.165) is 19.3 Å². The minimum absolute atomic E-state index is 0.0217. The van der Waals surface area contributed by atoms with E-state index in [-0.39, 0.29) is 18.4 Å². The Morgan fingerprint density at radius 2 is 2.05 bits per heavy atom. The first-order valence-corrected chi connectivity index (χ1v) is 8.61. The quantitative estimate of drug-likeness (QED) is 0.814. The fourth-order valence-electron chi connectivity index (χ4n) is 2.53. The average molecular weight is 298 g/mol. The number of rotatable bonds is 6. The Balaban J connectivity index is 1.88. The SMILES string of the molecule is CCC1CCCN1S(=O)(=O)CCOc1ccc(N)cc1. The number of hydrogen-bond acceptors (Lipinski definition) is 4. The van der Waals surface area contributed by atoms with Gasteiger partial charge in [-0.25, -0.2) is 8.42 Å². The third-order valence-electron chi connectivity index (χ3n) is 3.64. The van der Waals surface area contributed by atoms with Crippen LogP contribution in [-0.2, 0) is 10.0 Å². The molecule has 0 saturated carbocycles. The molecule has 1 aromatic rings. The van der Waals surface area contributed by atoms with Gasteiger partial charge in [0.1, 0.15) is 12.4 Å². The zero-order valence-electron chi connectivity index (χ0n) is 11.8. The molecule has 1 atom stereocenters. The molecule has 2 rings (SSSR count). The van der Waals surface area contributed by atoms with E-state index in [4.69, 9.17) is 10.5 Å². The van der Waals surface area contributed by atoms with Crippen LogP contribution in [0.15, 0.2) is 24.3 Å². The van der Waals surface area contributed by atoms with Gasteiger partial charge in [0.15, 0.2) is 0 Å². The molecule has 0 amide bonds. The van der Waals surface area contributed by atoms with Crippen molar-refractivity contribution in [2.24, 2.45) is 0 Å². The number of ether oxygens (including phenoxy) is 1. The fraction of sp³-hybridized carbons (Fsp3) is 0.571. The number of anilines is 1. The Labute approximate surface area is 120 Å². The second kappa shape index (κ2) is 6.45. The largest absolute Gasteiger partial charge is 0.492 e. The van der Waals surface area contributed by atoms with Gasteiger partial charge in [-0.05, 0) is 43.5 Å². The summed E-state index contributed by atoms with van der Waals surface area (Å²) in [4.78, 5) is 0. The van der Waals surface area contributed by atoms with Gasteiger partial charge in [-0.15, -0.1) is 0 Å². The molecule has 1 fully saturated rings. The predicted molar refractivity (Wildman–Crippen MR) is 80.2 cm³/mol. The number of sulfonamides is 1. The summed E-state index contributed by atoms with van der Waals surface area (Å²) >= 11 is 0. The molecule has 0 spiro atoms. The van der Waals surface area contributed by atoms with Crippen molar-refractivity contribution in [1.82, 2.24) is 4.31 Å². The average Bonchev–Trinajstić information content (AvgIpc) is 2.90. The lowest BCUT2D eigenvalue weighted by Crippen LogP contribution is -2.38. The molecule has 1 aromatic carbocycles. The molecule has 5 nitrogen and oxygen atoms in total. The van der Waals surface area contributed by atoms with Crippen molar-refractivity contribution in [1.29, 1.82) is 0 Å². The maximum atomic E-state index is 12.3. The van der Waals surface area contributed by atoms with Crippen molar-refractivity contribution in [2.45, 2.75) is 32.2 Å². The first-order chi connectivity index (χ1) is 9.53. The third-order valence-corrected chi connectivity index (χ3v) is 5.52. The molecular weight excluding hydrogens is 276 g/mol. The summed E-state index contributed by atoms with van der Waals surface area (Å²) in [6.07, 6.45) is 2.79. The van der Waals surface area contributed by atoms with Gasteiger partial charge in [0, 0.05) is 18.3 Å². The maximum absolute atomic E-state index is 12.3. The van der Waals surface area contributed by atoms with Gasteiger partial charge in [-0.3, -0.25) is 0 Å². The highest BCUT2D eigenvalue weighted by Gasteiger charge is 2.32. The van der Waals surface area contributed by atoms with Crippen LogP contribution in [0.1, 0.15) is 26.2 Å². The zero-order chi connectivity index (χ0) is 14.6. The van der Waals surface area contributed by atoms with Crippen LogP contribution in [-0.4, -0.2) is 37.7 Å². The highest BCUT2D eigenvalue weighted by atomic mass is 32.2. The summed E-state index contributed by atoms with van der Waals surface area (Å²) in [5, 5.41) is 0. The van der Waals surface area contributed by atoms with E-state index < -0.39 is 10.0 Å². The van der Waals surface area contributed by atoms with Gasteiger partial charge in [-0.1, -0.05) is 6.92 Å². The topological polar surface area (TPSA) is 72.6 Å². The summed E-state index contributed by atoms with van der Waals surface area (Å²) in [6.45, 7) is 2.84. The van der Waals surface area contributed by atoms with Gasteiger partial charge >= 0.3 is 0 Å². The number of benzene rings is 1. The normalized spacial score (nSPS) is 20.1. The molecule has 0 radical (unpaired) electrons. The molecule has 112 valence electrons. The standard InChI is InChI=1S/C14H22N2O3S/c1-2-13-4-3-9-16(13)20(17,18)11-10-19-14-7-5-12(15)6-8-14/h5-8,13H,2-4,9-11,15H2,1H3. The molecule has 0 aromatic heterocycles. The molecule has 0 bridgehead atoms. The van der Waals surface area contributed by atoms with Crippen LogP contribution in [0, 0.1) is 0 Å². The van der Waals surface area contributed by atoms with E-state index in [1.54, 1.807) is 28.6 Å². The van der Waals surface area contributed by atoms with Crippen molar-refractivity contribution in [3.05, 3.63) is 24.3 Å². The summed E-state index contributed by atoms with van der Waals surface area (Å²) in [5.41, 5.74) is 6.24.